The summed E-state index contributed by atoms with van der Waals surface area (Å²) in [6, 6.07) is 14.9. The largest absolute Gasteiger partial charge is 0.494 e. The molecule has 0 aliphatic heterocycles. The summed E-state index contributed by atoms with van der Waals surface area (Å²) >= 11 is 0. The second kappa shape index (κ2) is 17.4. The molecule has 0 aliphatic rings. The Morgan fingerprint density at radius 1 is 0.706 bits per heavy atom. The van der Waals surface area contributed by atoms with Crippen LogP contribution in [0.5, 0.6) is 5.75 Å². The van der Waals surface area contributed by atoms with Gasteiger partial charge in [0.2, 0.25) is 0 Å². The molecular formula is C31H40O3. The van der Waals surface area contributed by atoms with Crippen LogP contribution in [0.1, 0.15) is 81.5 Å². The van der Waals surface area contributed by atoms with Crippen molar-refractivity contribution < 1.29 is 14.6 Å². The van der Waals surface area contributed by atoms with Crippen molar-refractivity contribution >= 4 is 5.97 Å². The molecule has 0 unspecified atom stereocenters. The highest BCUT2D eigenvalue weighted by Crippen LogP contribution is 2.23. The van der Waals surface area contributed by atoms with Gasteiger partial charge in [0.15, 0.2) is 0 Å². The van der Waals surface area contributed by atoms with Crippen molar-refractivity contribution in [3.05, 3.63) is 90.6 Å². The van der Waals surface area contributed by atoms with Crippen LogP contribution in [0.3, 0.4) is 0 Å². The van der Waals surface area contributed by atoms with Gasteiger partial charge in [0.05, 0.1) is 12.2 Å². The number of aromatic carboxylic acids is 1. The number of carboxylic acid groups (broad SMARTS) is 1. The first-order valence-electron chi connectivity index (χ1n) is 12.7. The molecule has 2 aromatic carbocycles. The van der Waals surface area contributed by atoms with Crippen LogP contribution in [0.25, 0.3) is 11.1 Å². The van der Waals surface area contributed by atoms with Gasteiger partial charge in [-0.05, 0) is 86.8 Å². The van der Waals surface area contributed by atoms with Gasteiger partial charge in [-0.3, -0.25) is 0 Å². The van der Waals surface area contributed by atoms with E-state index in [1.165, 1.54) is 32.1 Å². The second-order valence-corrected chi connectivity index (χ2v) is 8.49. The van der Waals surface area contributed by atoms with Crippen LogP contribution in [0.2, 0.25) is 0 Å². The third kappa shape index (κ3) is 11.7. The molecule has 0 fully saturated rings. The third-order valence-corrected chi connectivity index (χ3v) is 5.62. The molecule has 0 saturated heterocycles. The third-order valence-electron chi connectivity index (χ3n) is 5.62. The van der Waals surface area contributed by atoms with Crippen LogP contribution >= 0.6 is 0 Å². The van der Waals surface area contributed by atoms with Gasteiger partial charge in [0.1, 0.15) is 5.75 Å². The first-order chi connectivity index (χ1) is 16.7. The molecule has 34 heavy (non-hydrogen) atoms. The zero-order valence-corrected chi connectivity index (χ0v) is 20.6. The molecule has 0 amide bonds. The maximum atomic E-state index is 11.0. The fourth-order valence-electron chi connectivity index (χ4n) is 3.57. The standard InChI is InChI=1S/C31H40O3/c1-2-3-4-5-6-7-8-9-10-11-12-13-14-15-16-17-26-34-30-24-22-28(23-25-30)27-18-20-29(21-19-27)31(32)33/h6-7,9-10,12-13,18-25H,2-5,8,11,14-17,26H2,1H3,(H,32,33). The lowest BCUT2D eigenvalue weighted by Crippen LogP contribution is -1.97. The SMILES string of the molecule is CCCCCC=CCC=CCC=CCCCCCOc1ccc(-c2ccc(C(=O)O)cc2)cc1. The molecule has 0 aliphatic carbocycles. The van der Waals surface area contributed by atoms with Crippen molar-refractivity contribution in [1.82, 2.24) is 0 Å². The number of rotatable bonds is 17. The molecule has 3 heteroatoms. The lowest BCUT2D eigenvalue weighted by molar-refractivity contribution is 0.0697. The summed E-state index contributed by atoms with van der Waals surface area (Å²) < 4.78 is 5.86. The van der Waals surface area contributed by atoms with Gasteiger partial charge in [0, 0.05) is 0 Å². The summed E-state index contributed by atoms with van der Waals surface area (Å²) in [6.45, 7) is 2.97. The van der Waals surface area contributed by atoms with Crippen LogP contribution in [0.15, 0.2) is 85.0 Å². The number of benzene rings is 2. The minimum atomic E-state index is -0.907. The van der Waals surface area contributed by atoms with Gasteiger partial charge >= 0.3 is 5.97 Å². The van der Waals surface area contributed by atoms with Gasteiger partial charge in [0.25, 0.3) is 0 Å². The van der Waals surface area contributed by atoms with Crippen LogP contribution < -0.4 is 4.74 Å². The first kappa shape index (κ1) is 27.2. The lowest BCUT2D eigenvalue weighted by Gasteiger charge is -2.07. The quantitative estimate of drug-likeness (QED) is 0.189. The molecule has 0 aromatic heterocycles. The number of hydrogen-bond donors (Lipinski definition) is 1. The molecule has 1 N–H and O–H groups in total. The fraction of sp³-hybridized carbons (Fsp3) is 0.387. The Morgan fingerprint density at radius 2 is 1.24 bits per heavy atom. The van der Waals surface area contributed by atoms with E-state index in [1.807, 2.05) is 36.4 Å². The van der Waals surface area contributed by atoms with Crippen LogP contribution in [-0.4, -0.2) is 17.7 Å². The minimum Gasteiger partial charge on any atom is -0.494 e. The molecule has 2 rings (SSSR count). The Balaban J connectivity index is 1.50. The molecule has 0 bridgehead atoms. The summed E-state index contributed by atoms with van der Waals surface area (Å²) in [6.07, 6.45) is 25.4. The van der Waals surface area contributed by atoms with Crippen molar-refractivity contribution in [3.63, 3.8) is 0 Å². The van der Waals surface area contributed by atoms with Crippen LogP contribution in [0.4, 0.5) is 0 Å². The summed E-state index contributed by atoms with van der Waals surface area (Å²) in [5.74, 6) is -0.0381. The zero-order chi connectivity index (χ0) is 24.3. The van der Waals surface area contributed by atoms with E-state index in [4.69, 9.17) is 9.84 Å². The van der Waals surface area contributed by atoms with Crippen molar-refractivity contribution in [2.45, 2.75) is 71.1 Å². The van der Waals surface area contributed by atoms with E-state index < -0.39 is 5.97 Å². The molecule has 2 aromatic rings. The lowest BCUT2D eigenvalue weighted by atomic mass is 10.0. The number of unbranched alkanes of at least 4 members (excludes halogenated alkanes) is 6. The summed E-state index contributed by atoms with van der Waals surface area (Å²) in [5.41, 5.74) is 2.34. The normalized spacial score (nSPS) is 11.7. The molecule has 0 saturated carbocycles. The second-order valence-electron chi connectivity index (χ2n) is 8.49. The average Bonchev–Trinajstić information content (AvgIpc) is 2.86. The average molecular weight is 461 g/mol. The van der Waals surface area contributed by atoms with Gasteiger partial charge in [-0.25, -0.2) is 4.79 Å². The maximum absolute atomic E-state index is 11.0. The van der Waals surface area contributed by atoms with Gasteiger partial charge < -0.3 is 9.84 Å². The molecular weight excluding hydrogens is 420 g/mol. The number of allylic oxidation sites excluding steroid dienone is 6. The van der Waals surface area contributed by atoms with E-state index in [9.17, 15) is 4.79 Å². The van der Waals surface area contributed by atoms with Crippen molar-refractivity contribution in [3.8, 4) is 16.9 Å². The Kier molecular flexibility index (Phi) is 13.9. The van der Waals surface area contributed by atoms with E-state index >= 15 is 0 Å². The number of ether oxygens (including phenoxy) is 1. The molecule has 0 radical (unpaired) electrons. The molecule has 0 heterocycles. The molecule has 0 atom stereocenters. The van der Waals surface area contributed by atoms with Gasteiger partial charge in [-0.1, -0.05) is 80.5 Å². The number of carboxylic acids is 1. The number of hydrogen-bond acceptors (Lipinski definition) is 2. The topological polar surface area (TPSA) is 46.5 Å². The predicted molar refractivity (Wildman–Crippen MR) is 144 cm³/mol. The minimum absolute atomic E-state index is 0.299. The molecule has 3 nitrogen and oxygen atoms in total. The summed E-state index contributed by atoms with van der Waals surface area (Å²) in [5, 5.41) is 9.00. The smallest absolute Gasteiger partial charge is 0.335 e. The molecule has 0 spiro atoms. The van der Waals surface area contributed by atoms with Crippen LogP contribution in [0, 0.1) is 0 Å². The van der Waals surface area contributed by atoms with Crippen molar-refractivity contribution in [2.75, 3.05) is 6.61 Å². The fourth-order valence-corrected chi connectivity index (χ4v) is 3.57. The van der Waals surface area contributed by atoms with Crippen LogP contribution in [-0.2, 0) is 0 Å². The Bertz CT molecular complexity index is 889. The highest BCUT2D eigenvalue weighted by atomic mass is 16.5. The zero-order valence-electron chi connectivity index (χ0n) is 20.6. The molecule has 182 valence electrons. The van der Waals surface area contributed by atoms with E-state index in [1.54, 1.807) is 12.1 Å². The Labute approximate surface area is 205 Å². The highest BCUT2D eigenvalue weighted by molar-refractivity contribution is 5.88. The summed E-state index contributed by atoms with van der Waals surface area (Å²) in [4.78, 5) is 11.0. The van der Waals surface area contributed by atoms with E-state index in [2.05, 4.69) is 43.4 Å². The van der Waals surface area contributed by atoms with E-state index in [0.717, 1.165) is 55.6 Å². The van der Waals surface area contributed by atoms with E-state index in [0.29, 0.717) is 5.56 Å². The van der Waals surface area contributed by atoms with E-state index in [-0.39, 0.29) is 0 Å². The van der Waals surface area contributed by atoms with Gasteiger partial charge in [-0.2, -0.15) is 0 Å². The number of carbonyl (C=O) groups is 1. The Hall–Kier alpha value is -3.07. The summed E-state index contributed by atoms with van der Waals surface area (Å²) in [7, 11) is 0. The highest BCUT2D eigenvalue weighted by Gasteiger charge is 2.03. The predicted octanol–water partition coefficient (Wildman–Crippen LogP) is 9.02. The van der Waals surface area contributed by atoms with Crippen molar-refractivity contribution in [1.29, 1.82) is 0 Å². The van der Waals surface area contributed by atoms with Gasteiger partial charge in [-0.15, -0.1) is 0 Å². The monoisotopic (exact) mass is 460 g/mol. The Morgan fingerprint density at radius 3 is 1.79 bits per heavy atom. The first-order valence-corrected chi connectivity index (χ1v) is 12.7. The maximum Gasteiger partial charge on any atom is 0.335 e. The van der Waals surface area contributed by atoms with Crippen molar-refractivity contribution in [2.24, 2.45) is 0 Å².